The molecule has 7 nitrogen and oxygen atoms in total. The van der Waals surface area contributed by atoms with E-state index in [2.05, 4.69) is 22.3 Å². The summed E-state index contributed by atoms with van der Waals surface area (Å²) in [5, 5.41) is 17.5. The molecular formula is C18H22N6O. The second kappa shape index (κ2) is 6.40. The molecule has 3 aromatic heterocycles. The number of aliphatic hydroxyl groups is 1. The maximum absolute atomic E-state index is 9.78. The van der Waals surface area contributed by atoms with Crippen molar-refractivity contribution in [2.24, 2.45) is 7.05 Å². The van der Waals surface area contributed by atoms with Gasteiger partial charge in [-0.1, -0.05) is 6.92 Å². The maximum Gasteiger partial charge on any atom is 0.148 e. The first-order valence-electron chi connectivity index (χ1n) is 8.72. The third kappa shape index (κ3) is 3.07. The van der Waals surface area contributed by atoms with Crippen LogP contribution in [-0.4, -0.2) is 42.0 Å². The van der Waals surface area contributed by atoms with Crippen molar-refractivity contribution in [2.45, 2.75) is 44.8 Å². The number of hydrogen-bond acceptors (Lipinski definition) is 6. The van der Waals surface area contributed by atoms with Gasteiger partial charge in [0.2, 0.25) is 0 Å². The predicted molar refractivity (Wildman–Crippen MR) is 96.2 cm³/mol. The van der Waals surface area contributed by atoms with Crippen molar-refractivity contribution < 1.29 is 5.11 Å². The first kappa shape index (κ1) is 16.0. The minimum atomic E-state index is -0.217. The van der Waals surface area contributed by atoms with E-state index in [-0.39, 0.29) is 12.1 Å². The highest BCUT2D eigenvalue weighted by atomic mass is 16.3. The third-order valence-electron chi connectivity index (χ3n) is 4.75. The molecule has 3 heterocycles. The molecule has 0 spiro atoms. The summed E-state index contributed by atoms with van der Waals surface area (Å²) in [5.41, 5.74) is 4.44. The average Bonchev–Trinajstić information content (AvgIpc) is 3.22. The van der Waals surface area contributed by atoms with Gasteiger partial charge in [-0.25, -0.2) is 9.97 Å². The number of nitrogens with one attached hydrogen (secondary N) is 1. The lowest BCUT2D eigenvalue weighted by atomic mass is 10.1. The standard InChI is InChI=1S/C18H22N6O/c1-3-15-18(21-12-4-5-13(25)6-12)23-17-14(8-19-9-16(17)22-15)11-7-20-24(2)10-11/h7-10,12-13,25H,3-6H2,1-2H3,(H,21,23). The summed E-state index contributed by atoms with van der Waals surface area (Å²) >= 11 is 0. The van der Waals surface area contributed by atoms with Crippen molar-refractivity contribution in [3.05, 3.63) is 30.5 Å². The SMILES string of the molecule is CCc1nc2cncc(-c3cnn(C)c3)c2nc1NC1CCC(O)C1. The smallest absolute Gasteiger partial charge is 0.148 e. The Labute approximate surface area is 146 Å². The van der Waals surface area contributed by atoms with Gasteiger partial charge in [0.1, 0.15) is 16.9 Å². The van der Waals surface area contributed by atoms with Gasteiger partial charge in [0.25, 0.3) is 0 Å². The normalized spacial score (nSPS) is 20.3. The fraction of sp³-hybridized carbons (Fsp3) is 0.444. The molecule has 0 saturated heterocycles. The Morgan fingerprint density at radius 1 is 1.24 bits per heavy atom. The van der Waals surface area contributed by atoms with Crippen LogP contribution in [0.25, 0.3) is 22.2 Å². The van der Waals surface area contributed by atoms with Crippen LogP contribution in [0.15, 0.2) is 24.8 Å². The summed E-state index contributed by atoms with van der Waals surface area (Å²) in [7, 11) is 1.89. The van der Waals surface area contributed by atoms with Gasteiger partial charge < -0.3 is 10.4 Å². The van der Waals surface area contributed by atoms with Gasteiger partial charge in [-0.05, 0) is 25.7 Å². The molecule has 1 fully saturated rings. The summed E-state index contributed by atoms with van der Waals surface area (Å²) < 4.78 is 1.76. The Hall–Kier alpha value is -2.54. The predicted octanol–water partition coefficient (Wildman–Crippen LogP) is 2.31. The number of rotatable bonds is 4. The van der Waals surface area contributed by atoms with Crippen LogP contribution >= 0.6 is 0 Å². The maximum atomic E-state index is 9.78. The van der Waals surface area contributed by atoms with Crippen molar-refractivity contribution in [1.82, 2.24) is 24.7 Å². The molecule has 1 saturated carbocycles. The van der Waals surface area contributed by atoms with Crippen molar-refractivity contribution in [3.63, 3.8) is 0 Å². The van der Waals surface area contributed by atoms with E-state index >= 15 is 0 Å². The van der Waals surface area contributed by atoms with Crippen molar-refractivity contribution in [2.75, 3.05) is 5.32 Å². The van der Waals surface area contributed by atoms with Gasteiger partial charge in [0.05, 0.1) is 24.2 Å². The fourth-order valence-electron chi connectivity index (χ4n) is 3.43. The summed E-state index contributed by atoms with van der Waals surface area (Å²) in [4.78, 5) is 14.0. The molecule has 2 N–H and O–H groups in total. The zero-order chi connectivity index (χ0) is 17.4. The highest BCUT2D eigenvalue weighted by Crippen LogP contribution is 2.29. The molecule has 7 heteroatoms. The van der Waals surface area contributed by atoms with Crippen LogP contribution in [0.5, 0.6) is 0 Å². The Kier molecular flexibility index (Phi) is 4.09. The third-order valence-corrected chi connectivity index (χ3v) is 4.75. The lowest BCUT2D eigenvalue weighted by molar-refractivity contribution is 0.182. The van der Waals surface area contributed by atoms with Gasteiger partial charge in [-0.2, -0.15) is 5.10 Å². The van der Waals surface area contributed by atoms with Crippen molar-refractivity contribution in [3.8, 4) is 11.1 Å². The molecule has 4 rings (SSSR count). The van der Waals surface area contributed by atoms with Crippen LogP contribution in [0.2, 0.25) is 0 Å². The molecule has 3 aromatic rings. The van der Waals surface area contributed by atoms with E-state index < -0.39 is 0 Å². The quantitative estimate of drug-likeness (QED) is 0.759. The number of pyridine rings is 1. The van der Waals surface area contributed by atoms with E-state index in [9.17, 15) is 5.11 Å². The number of nitrogens with zero attached hydrogens (tertiary/aromatic N) is 5. The molecule has 1 aliphatic carbocycles. The highest BCUT2D eigenvalue weighted by Gasteiger charge is 2.24. The molecule has 25 heavy (non-hydrogen) atoms. The number of aromatic nitrogens is 5. The molecule has 0 amide bonds. The molecule has 0 bridgehead atoms. The van der Waals surface area contributed by atoms with Crippen LogP contribution in [0.4, 0.5) is 5.82 Å². The van der Waals surface area contributed by atoms with Crippen LogP contribution < -0.4 is 5.32 Å². The number of aliphatic hydroxyl groups excluding tert-OH is 1. The van der Waals surface area contributed by atoms with Crippen LogP contribution in [0, 0.1) is 0 Å². The Bertz CT molecular complexity index is 906. The van der Waals surface area contributed by atoms with Crippen molar-refractivity contribution >= 4 is 16.9 Å². The molecule has 0 aliphatic heterocycles. The second-order valence-corrected chi connectivity index (χ2v) is 6.64. The number of hydrogen-bond donors (Lipinski definition) is 2. The molecule has 0 aromatic carbocycles. The van der Waals surface area contributed by atoms with E-state index in [4.69, 9.17) is 9.97 Å². The van der Waals surface area contributed by atoms with Gasteiger partial charge >= 0.3 is 0 Å². The van der Waals surface area contributed by atoms with Gasteiger partial charge in [-0.15, -0.1) is 0 Å². The monoisotopic (exact) mass is 338 g/mol. The second-order valence-electron chi connectivity index (χ2n) is 6.64. The number of anilines is 1. The van der Waals surface area contributed by atoms with E-state index in [1.54, 1.807) is 10.9 Å². The first-order valence-corrected chi connectivity index (χ1v) is 8.72. The van der Waals surface area contributed by atoms with E-state index in [1.807, 2.05) is 25.6 Å². The largest absolute Gasteiger partial charge is 0.393 e. The molecular weight excluding hydrogens is 316 g/mol. The van der Waals surface area contributed by atoms with E-state index in [0.29, 0.717) is 0 Å². The van der Waals surface area contributed by atoms with Crippen molar-refractivity contribution in [1.29, 1.82) is 0 Å². The lowest BCUT2D eigenvalue weighted by Gasteiger charge is -2.16. The minimum absolute atomic E-state index is 0.217. The zero-order valence-electron chi connectivity index (χ0n) is 14.5. The number of aryl methyl sites for hydroxylation is 2. The summed E-state index contributed by atoms with van der Waals surface area (Å²) in [6, 6.07) is 0.246. The van der Waals surface area contributed by atoms with Gasteiger partial charge in [-0.3, -0.25) is 9.67 Å². The Balaban J connectivity index is 1.79. The zero-order valence-corrected chi connectivity index (χ0v) is 14.5. The topological polar surface area (TPSA) is 88.8 Å². The molecule has 1 aliphatic rings. The fourth-order valence-corrected chi connectivity index (χ4v) is 3.43. The summed E-state index contributed by atoms with van der Waals surface area (Å²) in [6.45, 7) is 2.07. The Morgan fingerprint density at radius 3 is 2.80 bits per heavy atom. The minimum Gasteiger partial charge on any atom is -0.393 e. The van der Waals surface area contributed by atoms with Crippen LogP contribution in [0.3, 0.4) is 0 Å². The molecule has 0 radical (unpaired) electrons. The van der Waals surface area contributed by atoms with Crippen LogP contribution in [0.1, 0.15) is 31.9 Å². The number of fused-ring (bicyclic) bond motifs is 1. The molecule has 2 atom stereocenters. The average molecular weight is 338 g/mol. The van der Waals surface area contributed by atoms with Crippen LogP contribution in [-0.2, 0) is 13.5 Å². The molecule has 130 valence electrons. The summed E-state index contributed by atoms with van der Waals surface area (Å²) in [5.74, 6) is 0.811. The Morgan fingerprint density at radius 2 is 2.12 bits per heavy atom. The lowest BCUT2D eigenvalue weighted by Crippen LogP contribution is -2.19. The van der Waals surface area contributed by atoms with Gasteiger partial charge in [0, 0.05) is 36.6 Å². The highest BCUT2D eigenvalue weighted by molar-refractivity contribution is 5.91. The molecule has 2 unspecified atom stereocenters. The summed E-state index contributed by atoms with van der Waals surface area (Å²) in [6.07, 6.45) is 10.4. The van der Waals surface area contributed by atoms with Gasteiger partial charge in [0.15, 0.2) is 0 Å². The van der Waals surface area contributed by atoms with E-state index in [1.165, 1.54) is 0 Å². The first-order chi connectivity index (χ1) is 12.1. The van der Waals surface area contributed by atoms with E-state index in [0.717, 1.165) is 59.4 Å².